The van der Waals surface area contributed by atoms with Crippen molar-refractivity contribution in [1.29, 1.82) is 0 Å². The Hall–Kier alpha value is -4.17. The Morgan fingerprint density at radius 1 is 1.18 bits per heavy atom. The minimum atomic E-state index is -1.74. The quantitative estimate of drug-likeness (QED) is 0.425. The first-order valence-electron chi connectivity index (χ1n) is 10.6. The molecule has 1 amide bonds. The lowest BCUT2D eigenvalue weighted by Gasteiger charge is -2.21. The van der Waals surface area contributed by atoms with Gasteiger partial charge in [-0.1, -0.05) is 41.9 Å². The average molecular weight is 460 g/mol. The molecule has 164 valence electrons. The van der Waals surface area contributed by atoms with Gasteiger partial charge in [0.15, 0.2) is 11.5 Å². The van der Waals surface area contributed by atoms with E-state index >= 15 is 0 Å². The maximum Gasteiger partial charge on any atom is 0.264 e. The summed E-state index contributed by atoms with van der Waals surface area (Å²) >= 11 is 6.35. The van der Waals surface area contributed by atoms with Gasteiger partial charge in [-0.05, 0) is 42.6 Å². The standard InChI is InChI=1S/C24H19ClN6O2/c1-14(28-23(32)20-21(26)29-30-12-6-11-27-22(20)30)18-13-15-7-5-10-17(25)19(15)24(33)31(18)16-8-3-2-4-9-16/h2-14H,1H3,(H2,26,29)(H,28,32)/t14-/m0/s1/i14D. The molecule has 1 atom stereocenters. The van der Waals surface area contributed by atoms with Crippen molar-refractivity contribution in [2.45, 2.75) is 12.9 Å². The van der Waals surface area contributed by atoms with Crippen LogP contribution in [0.2, 0.25) is 5.02 Å². The minimum Gasteiger partial charge on any atom is -0.381 e. The van der Waals surface area contributed by atoms with E-state index in [1.807, 2.05) is 6.07 Å². The van der Waals surface area contributed by atoms with Crippen LogP contribution in [-0.2, 0) is 0 Å². The molecule has 0 radical (unpaired) electrons. The summed E-state index contributed by atoms with van der Waals surface area (Å²) in [6, 6.07) is 15.6. The number of hydrogen-bond acceptors (Lipinski definition) is 5. The van der Waals surface area contributed by atoms with Crippen LogP contribution in [0.15, 0.2) is 77.9 Å². The number of aromatic nitrogens is 4. The molecular formula is C24H19ClN6O2. The van der Waals surface area contributed by atoms with E-state index in [9.17, 15) is 9.59 Å². The number of halogens is 1. The Morgan fingerprint density at radius 3 is 2.76 bits per heavy atom. The van der Waals surface area contributed by atoms with Crippen molar-refractivity contribution in [3.63, 3.8) is 0 Å². The molecule has 5 aromatic rings. The molecule has 0 bridgehead atoms. The first kappa shape index (κ1) is 19.5. The van der Waals surface area contributed by atoms with Crippen LogP contribution < -0.4 is 16.6 Å². The lowest BCUT2D eigenvalue weighted by atomic mass is 10.1. The second-order valence-corrected chi connectivity index (χ2v) is 7.84. The number of nitrogen functional groups attached to an aromatic ring is 1. The number of pyridine rings is 1. The molecule has 0 aliphatic heterocycles. The molecule has 3 aromatic heterocycles. The van der Waals surface area contributed by atoms with Gasteiger partial charge in [0.2, 0.25) is 0 Å². The first-order chi connectivity index (χ1) is 16.3. The number of para-hydroxylation sites is 1. The topological polar surface area (TPSA) is 107 Å². The lowest BCUT2D eigenvalue weighted by Crippen LogP contribution is -2.32. The highest BCUT2D eigenvalue weighted by atomic mass is 35.5. The number of rotatable bonds is 4. The van der Waals surface area contributed by atoms with E-state index in [-0.39, 0.29) is 22.7 Å². The van der Waals surface area contributed by atoms with E-state index in [1.165, 1.54) is 22.2 Å². The van der Waals surface area contributed by atoms with Crippen LogP contribution in [0.5, 0.6) is 0 Å². The number of carbonyl (C=O) groups excluding carboxylic acids is 1. The van der Waals surface area contributed by atoms with Crippen molar-refractivity contribution in [2.24, 2.45) is 0 Å². The van der Waals surface area contributed by atoms with Gasteiger partial charge in [-0.3, -0.25) is 14.2 Å². The maximum atomic E-state index is 13.6. The number of anilines is 1. The normalized spacial score (nSPS) is 13.6. The molecule has 33 heavy (non-hydrogen) atoms. The third-order valence-corrected chi connectivity index (χ3v) is 5.66. The van der Waals surface area contributed by atoms with Gasteiger partial charge in [0.05, 0.1) is 17.8 Å². The summed E-state index contributed by atoms with van der Waals surface area (Å²) in [7, 11) is 0. The molecule has 0 saturated heterocycles. The third kappa shape index (κ3) is 3.50. The van der Waals surface area contributed by atoms with Crippen LogP contribution in [0, 0.1) is 0 Å². The SMILES string of the molecule is [2H][C@@](C)(NC(=O)c1c(N)nn2cccnc12)c1cc2cccc(Cl)c2c(=O)n1-c1ccccc1. The fraction of sp³-hybridized carbons (Fsp3) is 0.0833. The Kier molecular flexibility index (Phi) is 4.77. The predicted molar refractivity (Wildman–Crippen MR) is 128 cm³/mol. The molecule has 0 aliphatic rings. The molecule has 9 heteroatoms. The molecular weight excluding hydrogens is 440 g/mol. The molecule has 0 saturated carbocycles. The number of fused-ring (bicyclic) bond motifs is 2. The summed E-state index contributed by atoms with van der Waals surface area (Å²) in [6.07, 6.45) is 3.14. The summed E-state index contributed by atoms with van der Waals surface area (Å²) in [5, 5.41) is 7.99. The number of benzene rings is 2. The van der Waals surface area contributed by atoms with Gasteiger partial charge in [-0.25, -0.2) is 9.50 Å². The predicted octanol–water partition coefficient (Wildman–Crippen LogP) is 3.76. The summed E-state index contributed by atoms with van der Waals surface area (Å²) in [5.41, 5.74) is 6.69. The van der Waals surface area contributed by atoms with Crippen molar-refractivity contribution in [3.05, 3.63) is 99.7 Å². The van der Waals surface area contributed by atoms with Gasteiger partial charge in [-0.15, -0.1) is 5.10 Å². The van der Waals surface area contributed by atoms with Crippen LogP contribution in [0.1, 0.15) is 30.4 Å². The largest absolute Gasteiger partial charge is 0.381 e. The van der Waals surface area contributed by atoms with E-state index in [4.69, 9.17) is 18.7 Å². The summed E-state index contributed by atoms with van der Waals surface area (Å²) < 4.78 is 11.9. The summed E-state index contributed by atoms with van der Waals surface area (Å²) in [4.78, 5) is 31.1. The van der Waals surface area contributed by atoms with E-state index in [1.54, 1.807) is 60.8 Å². The number of amides is 1. The van der Waals surface area contributed by atoms with Crippen molar-refractivity contribution >= 4 is 39.7 Å². The number of nitrogens with one attached hydrogen (secondary N) is 1. The molecule has 0 aliphatic carbocycles. The van der Waals surface area contributed by atoms with Gasteiger partial charge >= 0.3 is 0 Å². The average Bonchev–Trinajstić information content (AvgIpc) is 3.15. The molecule has 3 N–H and O–H groups in total. The van der Waals surface area contributed by atoms with Crippen LogP contribution in [-0.4, -0.2) is 25.1 Å². The van der Waals surface area contributed by atoms with Gasteiger partial charge in [0.25, 0.3) is 11.5 Å². The number of carbonyl (C=O) groups is 1. The van der Waals surface area contributed by atoms with Crippen LogP contribution in [0.4, 0.5) is 5.82 Å². The molecule has 5 rings (SSSR count). The second kappa shape index (κ2) is 8.07. The smallest absolute Gasteiger partial charge is 0.264 e. The zero-order chi connectivity index (χ0) is 24.0. The van der Waals surface area contributed by atoms with Crippen molar-refractivity contribution in [1.82, 2.24) is 24.5 Å². The highest BCUT2D eigenvalue weighted by molar-refractivity contribution is 6.35. The van der Waals surface area contributed by atoms with E-state index in [0.29, 0.717) is 21.5 Å². The maximum absolute atomic E-state index is 13.6. The Bertz CT molecular complexity index is 1630. The highest BCUT2D eigenvalue weighted by Gasteiger charge is 2.23. The third-order valence-electron chi connectivity index (χ3n) is 5.34. The second-order valence-electron chi connectivity index (χ2n) is 7.44. The van der Waals surface area contributed by atoms with Crippen molar-refractivity contribution in [2.75, 3.05) is 5.73 Å². The zero-order valence-corrected chi connectivity index (χ0v) is 18.2. The Balaban J connectivity index is 1.69. The fourth-order valence-electron chi connectivity index (χ4n) is 3.85. The molecule has 0 fully saturated rings. The van der Waals surface area contributed by atoms with Gasteiger partial charge in [-0.2, -0.15) is 0 Å². The Morgan fingerprint density at radius 2 is 1.97 bits per heavy atom. The monoisotopic (exact) mass is 459 g/mol. The van der Waals surface area contributed by atoms with Crippen LogP contribution in [0.25, 0.3) is 22.1 Å². The minimum absolute atomic E-state index is 0.0160. The Labute approximate surface area is 194 Å². The molecule has 0 spiro atoms. The highest BCUT2D eigenvalue weighted by Crippen LogP contribution is 2.26. The number of nitrogens with zero attached hydrogens (tertiary/aromatic N) is 4. The molecule has 2 aromatic carbocycles. The van der Waals surface area contributed by atoms with Gasteiger partial charge in [0, 0.05) is 23.8 Å². The summed E-state index contributed by atoms with van der Waals surface area (Å²) in [6.45, 7) is 1.49. The van der Waals surface area contributed by atoms with E-state index in [2.05, 4.69) is 15.4 Å². The molecule has 0 unspecified atom stereocenters. The lowest BCUT2D eigenvalue weighted by molar-refractivity contribution is 0.0941. The van der Waals surface area contributed by atoms with Crippen molar-refractivity contribution < 1.29 is 6.17 Å². The summed E-state index contributed by atoms with van der Waals surface area (Å²) in [5.74, 6) is -0.653. The number of hydrogen-bond donors (Lipinski definition) is 2. The van der Waals surface area contributed by atoms with Gasteiger partial charge in [0.1, 0.15) is 5.56 Å². The molecule has 3 heterocycles. The fourth-order valence-corrected chi connectivity index (χ4v) is 4.11. The van der Waals surface area contributed by atoms with Gasteiger partial charge < -0.3 is 11.1 Å². The van der Waals surface area contributed by atoms with E-state index in [0.717, 1.165) is 0 Å². The number of nitrogens with two attached hydrogens (primary N) is 1. The van der Waals surface area contributed by atoms with Crippen molar-refractivity contribution in [3.8, 4) is 5.69 Å². The molecule has 8 nitrogen and oxygen atoms in total. The van der Waals surface area contributed by atoms with E-state index < -0.39 is 17.5 Å². The van der Waals surface area contributed by atoms with Crippen LogP contribution >= 0.6 is 11.6 Å². The van der Waals surface area contributed by atoms with Crippen LogP contribution in [0.3, 0.4) is 0 Å². The first-order valence-corrected chi connectivity index (χ1v) is 10.5. The zero-order valence-electron chi connectivity index (χ0n) is 18.5.